The van der Waals surface area contributed by atoms with Gasteiger partial charge in [-0.05, 0) is 45.0 Å². The summed E-state index contributed by atoms with van der Waals surface area (Å²) in [5.74, 6) is 2.78. The van der Waals surface area contributed by atoms with Gasteiger partial charge in [-0.1, -0.05) is 6.07 Å². The second-order valence-electron chi connectivity index (χ2n) is 9.28. The highest BCUT2D eigenvalue weighted by Crippen LogP contribution is 2.34. The van der Waals surface area contributed by atoms with Crippen LogP contribution < -0.4 is 15.1 Å². The van der Waals surface area contributed by atoms with E-state index in [2.05, 4.69) is 32.4 Å². The molecule has 1 atom stereocenters. The maximum absolute atomic E-state index is 13.7. The van der Waals surface area contributed by atoms with E-state index in [1.54, 1.807) is 22.1 Å². The summed E-state index contributed by atoms with van der Waals surface area (Å²) in [6, 6.07) is 9.87. The van der Waals surface area contributed by atoms with E-state index in [4.69, 9.17) is 9.97 Å². The summed E-state index contributed by atoms with van der Waals surface area (Å²) in [5, 5.41) is 15.8. The first-order valence-electron chi connectivity index (χ1n) is 12.2. The molecule has 11 nitrogen and oxygen atoms in total. The van der Waals surface area contributed by atoms with E-state index in [-0.39, 0.29) is 5.91 Å². The van der Waals surface area contributed by atoms with E-state index in [1.165, 1.54) is 0 Å². The summed E-state index contributed by atoms with van der Waals surface area (Å²) in [6.45, 7) is 4.21. The minimum Gasteiger partial charge on any atom is -0.354 e. The number of hydrogen-bond donors (Lipinski definition) is 1. The molecule has 4 aromatic heterocycles. The summed E-state index contributed by atoms with van der Waals surface area (Å²) < 4.78 is 3.57. The standard InChI is InChI=1S/C25H28N10O/c1-16-6-5-11-33(16)22-12-17-18(20(30-22)13-26-2)14-34(25(17)36)21-8-4-7-19(29-21)24-31-27-15-35(24)23-9-10-28-32(23)3/h4,7-10,12,15-16,26H,5-6,11,13-14H2,1-3H3/t16-/m1/s1. The van der Waals surface area contributed by atoms with E-state index in [0.717, 1.165) is 42.3 Å². The van der Waals surface area contributed by atoms with Crippen LogP contribution in [0.5, 0.6) is 0 Å². The van der Waals surface area contributed by atoms with Crippen LogP contribution in [0.15, 0.2) is 42.9 Å². The largest absolute Gasteiger partial charge is 0.354 e. The lowest BCUT2D eigenvalue weighted by Gasteiger charge is -2.24. The minimum atomic E-state index is -0.0596. The van der Waals surface area contributed by atoms with Gasteiger partial charge in [0.2, 0.25) is 0 Å². The topological polar surface area (TPSA) is 110 Å². The monoisotopic (exact) mass is 484 g/mol. The van der Waals surface area contributed by atoms with Crippen LogP contribution in [0.2, 0.25) is 0 Å². The molecule has 0 bridgehead atoms. The van der Waals surface area contributed by atoms with Crippen LogP contribution >= 0.6 is 0 Å². The molecule has 0 saturated carbocycles. The third-order valence-electron chi connectivity index (χ3n) is 7.01. The average Bonchev–Trinajstić information content (AvgIpc) is 3.67. The maximum atomic E-state index is 13.7. The Kier molecular flexibility index (Phi) is 5.48. The molecule has 0 radical (unpaired) electrons. The Bertz CT molecular complexity index is 1440. The number of aromatic nitrogens is 7. The fraction of sp³-hybridized carbons (Fsp3) is 0.360. The molecule has 0 unspecified atom stereocenters. The first kappa shape index (κ1) is 22.4. The molecule has 36 heavy (non-hydrogen) atoms. The van der Waals surface area contributed by atoms with E-state index in [1.807, 2.05) is 49.0 Å². The summed E-state index contributed by atoms with van der Waals surface area (Å²) in [4.78, 5) is 27.5. The lowest BCUT2D eigenvalue weighted by molar-refractivity contribution is 0.0996. The van der Waals surface area contributed by atoms with Gasteiger partial charge in [0.05, 0.1) is 24.0 Å². The number of aryl methyl sites for hydroxylation is 1. The van der Waals surface area contributed by atoms with Gasteiger partial charge in [-0.15, -0.1) is 10.2 Å². The third-order valence-corrected chi connectivity index (χ3v) is 7.01. The number of carbonyl (C=O) groups is 1. The molecular weight excluding hydrogens is 456 g/mol. The SMILES string of the molecule is CNCc1nc(N2CCC[C@H]2C)cc2c1CN(c1cccc(-c3nncn3-c3ccnn3C)n1)C2=O. The molecule has 0 aromatic carbocycles. The zero-order valence-electron chi connectivity index (χ0n) is 20.6. The lowest BCUT2D eigenvalue weighted by atomic mass is 10.1. The molecule has 2 aliphatic rings. The van der Waals surface area contributed by atoms with Gasteiger partial charge >= 0.3 is 0 Å². The second-order valence-corrected chi connectivity index (χ2v) is 9.28. The fourth-order valence-electron chi connectivity index (χ4n) is 5.15. The summed E-state index contributed by atoms with van der Waals surface area (Å²) in [6.07, 6.45) is 5.63. The van der Waals surface area contributed by atoms with Crippen molar-refractivity contribution in [3.63, 3.8) is 0 Å². The highest BCUT2D eigenvalue weighted by molar-refractivity contribution is 6.10. The third kappa shape index (κ3) is 3.63. The smallest absolute Gasteiger partial charge is 0.260 e. The fourth-order valence-corrected chi connectivity index (χ4v) is 5.15. The number of nitrogens with zero attached hydrogens (tertiary/aromatic N) is 9. The number of carbonyl (C=O) groups excluding carboxylic acids is 1. The van der Waals surface area contributed by atoms with Gasteiger partial charge in [0.1, 0.15) is 29.5 Å². The minimum absolute atomic E-state index is 0.0596. The van der Waals surface area contributed by atoms with Crippen molar-refractivity contribution in [1.82, 2.24) is 39.8 Å². The predicted octanol–water partition coefficient (Wildman–Crippen LogP) is 2.33. The first-order valence-corrected chi connectivity index (χ1v) is 12.2. The Hall–Kier alpha value is -4.12. The number of amides is 1. The number of hydrogen-bond acceptors (Lipinski definition) is 8. The zero-order chi connectivity index (χ0) is 24.8. The van der Waals surface area contributed by atoms with Gasteiger partial charge < -0.3 is 10.2 Å². The summed E-state index contributed by atoms with van der Waals surface area (Å²) >= 11 is 0. The van der Waals surface area contributed by atoms with Crippen LogP contribution in [0.25, 0.3) is 17.3 Å². The summed E-state index contributed by atoms with van der Waals surface area (Å²) in [5.41, 5.74) is 3.19. The van der Waals surface area contributed by atoms with Gasteiger partial charge in [0.15, 0.2) is 5.82 Å². The number of nitrogens with one attached hydrogen (secondary N) is 1. The van der Waals surface area contributed by atoms with E-state index in [9.17, 15) is 4.79 Å². The van der Waals surface area contributed by atoms with Gasteiger partial charge in [0.25, 0.3) is 5.91 Å². The molecule has 184 valence electrons. The van der Waals surface area contributed by atoms with Crippen molar-refractivity contribution < 1.29 is 4.79 Å². The quantitative estimate of drug-likeness (QED) is 0.444. The first-order chi connectivity index (χ1) is 17.5. The molecular formula is C25H28N10O. The lowest BCUT2D eigenvalue weighted by Crippen LogP contribution is -2.28. The highest BCUT2D eigenvalue weighted by Gasteiger charge is 2.34. The molecule has 6 heterocycles. The van der Waals surface area contributed by atoms with Gasteiger partial charge in [-0.25, -0.2) is 9.97 Å². The van der Waals surface area contributed by atoms with E-state index < -0.39 is 0 Å². The van der Waals surface area contributed by atoms with Crippen molar-refractivity contribution in [2.45, 2.75) is 38.9 Å². The van der Waals surface area contributed by atoms with Gasteiger partial charge in [0, 0.05) is 37.8 Å². The normalized spacial score (nSPS) is 17.3. The molecule has 6 rings (SSSR count). The van der Waals surface area contributed by atoms with Crippen LogP contribution in [0, 0.1) is 0 Å². The van der Waals surface area contributed by atoms with E-state index >= 15 is 0 Å². The highest BCUT2D eigenvalue weighted by atomic mass is 16.2. The Morgan fingerprint density at radius 3 is 2.81 bits per heavy atom. The van der Waals surface area contributed by atoms with Crippen LogP contribution in [0.3, 0.4) is 0 Å². The van der Waals surface area contributed by atoms with Crippen LogP contribution in [-0.4, -0.2) is 60.1 Å². The van der Waals surface area contributed by atoms with Crippen LogP contribution in [0.4, 0.5) is 11.6 Å². The summed E-state index contributed by atoms with van der Waals surface area (Å²) in [7, 11) is 3.76. The van der Waals surface area contributed by atoms with Crippen molar-refractivity contribution in [2.24, 2.45) is 7.05 Å². The molecule has 1 amide bonds. The molecule has 1 N–H and O–H groups in total. The maximum Gasteiger partial charge on any atom is 0.260 e. The molecule has 0 spiro atoms. The van der Waals surface area contributed by atoms with Crippen molar-refractivity contribution >= 4 is 17.5 Å². The Morgan fingerprint density at radius 2 is 2.06 bits per heavy atom. The van der Waals surface area contributed by atoms with Crippen molar-refractivity contribution in [3.8, 4) is 17.3 Å². The molecule has 2 aliphatic heterocycles. The number of rotatable bonds is 6. The molecule has 4 aromatic rings. The Morgan fingerprint density at radius 1 is 1.17 bits per heavy atom. The predicted molar refractivity (Wildman–Crippen MR) is 135 cm³/mol. The van der Waals surface area contributed by atoms with Crippen molar-refractivity contribution in [1.29, 1.82) is 0 Å². The zero-order valence-corrected chi connectivity index (χ0v) is 20.6. The Labute approximate surface area is 208 Å². The Balaban J connectivity index is 1.36. The van der Waals surface area contributed by atoms with Crippen molar-refractivity contribution in [2.75, 3.05) is 23.4 Å². The number of anilines is 2. The van der Waals surface area contributed by atoms with Crippen LogP contribution in [0.1, 0.15) is 41.4 Å². The number of pyridine rings is 2. The van der Waals surface area contributed by atoms with E-state index in [0.29, 0.717) is 42.0 Å². The average molecular weight is 485 g/mol. The molecule has 1 saturated heterocycles. The molecule has 0 aliphatic carbocycles. The second kappa shape index (κ2) is 8.83. The molecule has 11 heteroatoms. The molecule has 1 fully saturated rings. The van der Waals surface area contributed by atoms with Gasteiger partial charge in [-0.2, -0.15) is 5.10 Å². The van der Waals surface area contributed by atoms with Gasteiger partial charge in [-0.3, -0.25) is 18.9 Å². The number of fused-ring (bicyclic) bond motifs is 1. The van der Waals surface area contributed by atoms with Crippen molar-refractivity contribution in [3.05, 3.63) is 59.7 Å². The van der Waals surface area contributed by atoms with Crippen LogP contribution in [-0.2, 0) is 20.1 Å².